The third-order valence-corrected chi connectivity index (χ3v) is 4.83. The highest BCUT2D eigenvalue weighted by atomic mass is 32.2. The van der Waals surface area contributed by atoms with Crippen molar-refractivity contribution in [2.75, 3.05) is 0 Å². The van der Waals surface area contributed by atoms with Gasteiger partial charge in [0, 0.05) is 10.9 Å². The molecule has 0 saturated carbocycles. The van der Waals surface area contributed by atoms with Gasteiger partial charge in [0.05, 0.1) is 23.0 Å². The highest BCUT2D eigenvalue weighted by Crippen LogP contribution is 2.41. The van der Waals surface area contributed by atoms with E-state index in [1.807, 2.05) is 6.07 Å². The summed E-state index contributed by atoms with van der Waals surface area (Å²) in [7, 11) is 0. The van der Waals surface area contributed by atoms with Gasteiger partial charge in [-0.05, 0) is 19.1 Å². The van der Waals surface area contributed by atoms with E-state index in [1.54, 1.807) is 19.3 Å². The summed E-state index contributed by atoms with van der Waals surface area (Å²) in [5, 5.41) is 20.4. The van der Waals surface area contributed by atoms with E-state index in [0.29, 0.717) is 14.8 Å². The summed E-state index contributed by atoms with van der Waals surface area (Å²) < 4.78 is 5.76. The van der Waals surface area contributed by atoms with E-state index in [4.69, 9.17) is 4.42 Å². The van der Waals surface area contributed by atoms with Gasteiger partial charge in [-0.25, -0.2) is 0 Å². The monoisotopic (exact) mass is 285 g/mol. The summed E-state index contributed by atoms with van der Waals surface area (Å²) in [6, 6.07) is 5.03. The molecule has 0 saturated heterocycles. The third kappa shape index (κ3) is 2.92. The van der Waals surface area contributed by atoms with Crippen molar-refractivity contribution >= 4 is 28.8 Å². The van der Waals surface area contributed by atoms with Crippen LogP contribution in [-0.4, -0.2) is 10.0 Å². The van der Waals surface area contributed by atoms with Crippen LogP contribution in [0.2, 0.25) is 0 Å². The molecule has 0 radical (unpaired) electrons. The fourth-order valence-electron chi connectivity index (χ4n) is 1.35. The molecule has 0 amide bonds. The lowest BCUT2D eigenvalue weighted by molar-refractivity contribution is -0.387. The Bertz CT molecular complexity index is 533. The Morgan fingerprint density at radius 3 is 3.00 bits per heavy atom. The van der Waals surface area contributed by atoms with Crippen LogP contribution in [0.5, 0.6) is 0 Å². The number of furan rings is 1. The largest absolute Gasteiger partial charge is 0.468 e. The number of rotatable bonds is 5. The van der Waals surface area contributed by atoms with Crippen molar-refractivity contribution in [1.29, 1.82) is 0 Å². The van der Waals surface area contributed by atoms with Crippen LogP contribution >= 0.6 is 23.1 Å². The molecule has 0 aliphatic carbocycles. The van der Waals surface area contributed by atoms with E-state index < -0.39 is 11.0 Å². The standard InChI is InChI=1S/C11H11NO4S2/c1-7(13)10-5-9(12(14)15)11(18-10)17-6-8-3-2-4-16-8/h2-5,7,13H,6H2,1H3. The quantitative estimate of drug-likeness (QED) is 0.516. The molecule has 18 heavy (non-hydrogen) atoms. The second-order valence-corrected chi connectivity index (χ2v) is 5.95. The number of aliphatic hydroxyl groups is 1. The first-order chi connectivity index (χ1) is 8.58. The van der Waals surface area contributed by atoms with Gasteiger partial charge in [-0.2, -0.15) is 0 Å². The summed E-state index contributed by atoms with van der Waals surface area (Å²) >= 11 is 2.59. The fourth-order valence-corrected chi connectivity index (χ4v) is 3.56. The van der Waals surface area contributed by atoms with E-state index in [9.17, 15) is 15.2 Å². The van der Waals surface area contributed by atoms with Crippen LogP contribution in [0.15, 0.2) is 33.1 Å². The van der Waals surface area contributed by atoms with Crippen LogP contribution in [0.3, 0.4) is 0 Å². The van der Waals surface area contributed by atoms with Gasteiger partial charge in [0.2, 0.25) is 0 Å². The molecule has 2 heterocycles. The Labute approximate surface area is 112 Å². The topological polar surface area (TPSA) is 76.5 Å². The van der Waals surface area contributed by atoms with Crippen molar-refractivity contribution < 1.29 is 14.4 Å². The van der Waals surface area contributed by atoms with Crippen molar-refractivity contribution in [3.8, 4) is 0 Å². The number of nitro groups is 1. The smallest absolute Gasteiger partial charge is 0.294 e. The van der Waals surface area contributed by atoms with Gasteiger partial charge in [-0.3, -0.25) is 10.1 Å². The molecule has 0 aromatic carbocycles. The molecule has 0 aliphatic rings. The summed E-state index contributed by atoms with van der Waals surface area (Å²) in [5.41, 5.74) is 0.0486. The Kier molecular flexibility index (Phi) is 4.05. The number of nitrogens with zero attached hydrogens (tertiary/aromatic N) is 1. The first-order valence-corrected chi connectivity index (χ1v) is 6.99. The van der Waals surface area contributed by atoms with E-state index in [1.165, 1.54) is 29.2 Å². The number of thioether (sulfide) groups is 1. The lowest BCUT2D eigenvalue weighted by Crippen LogP contribution is -1.87. The molecule has 96 valence electrons. The van der Waals surface area contributed by atoms with Gasteiger partial charge in [-0.15, -0.1) is 23.1 Å². The molecule has 5 nitrogen and oxygen atoms in total. The van der Waals surface area contributed by atoms with Gasteiger partial charge >= 0.3 is 0 Å². The van der Waals surface area contributed by atoms with Crippen molar-refractivity contribution in [3.05, 3.63) is 45.2 Å². The van der Waals surface area contributed by atoms with Crippen molar-refractivity contribution in [2.45, 2.75) is 23.0 Å². The highest BCUT2D eigenvalue weighted by Gasteiger charge is 2.21. The number of aliphatic hydroxyl groups excluding tert-OH is 1. The molecule has 0 bridgehead atoms. The summed E-state index contributed by atoms with van der Waals surface area (Å²) in [4.78, 5) is 11.1. The Balaban J connectivity index is 2.17. The van der Waals surface area contributed by atoms with Crippen molar-refractivity contribution in [1.82, 2.24) is 0 Å². The molecule has 0 spiro atoms. The molecular formula is C11H11NO4S2. The number of hydrogen-bond donors (Lipinski definition) is 1. The zero-order chi connectivity index (χ0) is 13.1. The minimum Gasteiger partial charge on any atom is -0.468 e. The van der Waals surface area contributed by atoms with Crippen molar-refractivity contribution in [3.63, 3.8) is 0 Å². The Morgan fingerprint density at radius 1 is 1.67 bits per heavy atom. The molecule has 1 unspecified atom stereocenters. The third-order valence-electron chi connectivity index (χ3n) is 2.23. The van der Waals surface area contributed by atoms with Gasteiger partial charge < -0.3 is 9.52 Å². The molecule has 2 aromatic rings. The Hall–Kier alpha value is -1.31. The molecular weight excluding hydrogens is 274 g/mol. The van der Waals surface area contributed by atoms with Crippen LogP contribution in [0, 0.1) is 10.1 Å². The normalized spacial score (nSPS) is 12.6. The Morgan fingerprint density at radius 2 is 2.44 bits per heavy atom. The molecule has 7 heteroatoms. The van der Waals surface area contributed by atoms with Crippen molar-refractivity contribution in [2.24, 2.45) is 0 Å². The van der Waals surface area contributed by atoms with Crippen LogP contribution in [0.4, 0.5) is 5.69 Å². The lowest BCUT2D eigenvalue weighted by Gasteiger charge is -1.96. The van der Waals surface area contributed by atoms with Crippen LogP contribution in [0.25, 0.3) is 0 Å². The average molecular weight is 285 g/mol. The highest BCUT2D eigenvalue weighted by molar-refractivity contribution is 8.00. The zero-order valence-corrected chi connectivity index (χ0v) is 11.2. The second kappa shape index (κ2) is 5.55. The second-order valence-electron chi connectivity index (χ2n) is 3.62. The molecule has 0 fully saturated rings. The number of thiophene rings is 1. The van der Waals surface area contributed by atoms with E-state index >= 15 is 0 Å². The maximum atomic E-state index is 10.9. The molecule has 1 atom stereocenters. The maximum Gasteiger partial charge on any atom is 0.294 e. The SMILES string of the molecule is CC(O)c1cc([N+](=O)[O-])c(SCc2ccco2)s1. The first-order valence-electron chi connectivity index (χ1n) is 5.19. The number of hydrogen-bond acceptors (Lipinski definition) is 6. The predicted octanol–water partition coefficient (Wildman–Crippen LogP) is 3.59. The van der Waals surface area contributed by atoms with Gasteiger partial charge in [0.25, 0.3) is 5.69 Å². The van der Waals surface area contributed by atoms with E-state index in [2.05, 4.69) is 0 Å². The predicted molar refractivity (Wildman–Crippen MR) is 69.9 cm³/mol. The van der Waals surface area contributed by atoms with Crippen LogP contribution < -0.4 is 0 Å². The maximum absolute atomic E-state index is 10.9. The lowest BCUT2D eigenvalue weighted by atomic mass is 10.3. The van der Waals surface area contributed by atoms with Gasteiger partial charge in [0.1, 0.15) is 9.97 Å². The molecule has 2 aromatic heterocycles. The summed E-state index contributed by atoms with van der Waals surface area (Å²) in [6.45, 7) is 1.59. The zero-order valence-electron chi connectivity index (χ0n) is 9.53. The van der Waals surface area contributed by atoms with E-state index in [-0.39, 0.29) is 5.69 Å². The minimum atomic E-state index is -0.688. The van der Waals surface area contributed by atoms with E-state index in [0.717, 1.165) is 5.76 Å². The van der Waals surface area contributed by atoms with Crippen LogP contribution in [-0.2, 0) is 5.75 Å². The van der Waals surface area contributed by atoms with Gasteiger partial charge in [-0.1, -0.05) is 0 Å². The molecule has 1 N–H and O–H groups in total. The molecule has 2 rings (SSSR count). The van der Waals surface area contributed by atoms with Crippen LogP contribution in [0.1, 0.15) is 23.7 Å². The molecule has 0 aliphatic heterocycles. The summed E-state index contributed by atoms with van der Waals surface area (Å²) in [6.07, 6.45) is 0.881. The fraction of sp³-hybridized carbons (Fsp3) is 0.273. The first kappa shape index (κ1) is 13.1. The average Bonchev–Trinajstić information content (AvgIpc) is 2.95. The summed E-state index contributed by atoms with van der Waals surface area (Å²) in [5.74, 6) is 1.30. The van der Waals surface area contributed by atoms with Gasteiger partial charge in [0.15, 0.2) is 0 Å². The minimum absolute atomic E-state index is 0.0486.